The zero-order chi connectivity index (χ0) is 27.6. The van der Waals surface area contributed by atoms with Crippen LogP contribution < -0.4 is 15.6 Å². The highest BCUT2D eigenvalue weighted by Crippen LogP contribution is 2.34. The lowest BCUT2D eigenvalue weighted by Crippen LogP contribution is -2.29. The van der Waals surface area contributed by atoms with E-state index >= 15 is 0 Å². The summed E-state index contributed by atoms with van der Waals surface area (Å²) < 4.78 is 22.2. The van der Waals surface area contributed by atoms with Crippen LogP contribution in [0.4, 0.5) is 10.1 Å². The second-order valence-corrected chi connectivity index (χ2v) is 12.0. The van der Waals surface area contributed by atoms with Gasteiger partial charge in [-0.2, -0.15) is 9.78 Å². The highest BCUT2D eigenvalue weighted by atomic mass is 79.9. The number of aromatic nitrogens is 2. The summed E-state index contributed by atoms with van der Waals surface area (Å²) in [4.78, 5) is 30.3. The predicted molar refractivity (Wildman–Crippen MR) is 158 cm³/mol. The molecule has 0 bridgehead atoms. The first-order valence-corrected chi connectivity index (χ1v) is 13.7. The molecular formula is C27H22Br3FN4O3. The molecule has 0 atom stereocenters. The molecule has 1 amide bonds. The van der Waals surface area contributed by atoms with Gasteiger partial charge in [-0.3, -0.25) is 9.59 Å². The summed E-state index contributed by atoms with van der Waals surface area (Å²) in [5.74, 6) is 0.0394. The number of benzene rings is 3. The van der Waals surface area contributed by atoms with Crippen LogP contribution in [-0.4, -0.2) is 28.4 Å². The van der Waals surface area contributed by atoms with Gasteiger partial charge in [0.1, 0.15) is 17.4 Å². The van der Waals surface area contributed by atoms with Gasteiger partial charge in [0, 0.05) is 15.6 Å². The van der Waals surface area contributed by atoms with E-state index in [2.05, 4.69) is 58.2 Å². The fraction of sp³-hybridized carbons (Fsp3) is 0.185. The van der Waals surface area contributed by atoms with E-state index in [0.29, 0.717) is 42.7 Å². The van der Waals surface area contributed by atoms with Crippen LogP contribution in [-0.2, 0) is 10.2 Å². The van der Waals surface area contributed by atoms with Crippen LogP contribution in [0.5, 0.6) is 5.75 Å². The molecule has 4 aromatic rings. The molecule has 4 rings (SSSR count). The normalized spacial score (nSPS) is 11.8. The van der Waals surface area contributed by atoms with Crippen molar-refractivity contribution in [2.24, 2.45) is 5.10 Å². The van der Waals surface area contributed by atoms with Crippen LogP contribution in [0, 0.1) is 5.82 Å². The topological polar surface area (TPSA) is 85.6 Å². The number of nitrogens with zero attached hydrogens (tertiary/aromatic N) is 3. The van der Waals surface area contributed by atoms with Crippen LogP contribution in [0.25, 0.3) is 10.9 Å². The van der Waals surface area contributed by atoms with Gasteiger partial charge in [0.05, 0.1) is 26.1 Å². The monoisotopic (exact) mass is 706 g/mol. The van der Waals surface area contributed by atoms with Crippen LogP contribution >= 0.6 is 47.8 Å². The highest BCUT2D eigenvalue weighted by molar-refractivity contribution is 9.11. The van der Waals surface area contributed by atoms with Gasteiger partial charge in [0.2, 0.25) is 0 Å². The molecule has 0 spiro atoms. The number of carbonyl (C=O) groups is 1. The average Bonchev–Trinajstić information content (AvgIpc) is 2.82. The molecule has 7 nitrogen and oxygen atoms in total. The minimum atomic E-state index is -0.448. The Labute approximate surface area is 243 Å². The maximum absolute atomic E-state index is 13.3. The number of amides is 1. The molecule has 38 heavy (non-hydrogen) atoms. The van der Waals surface area contributed by atoms with Crippen molar-refractivity contribution < 1.29 is 13.9 Å². The molecule has 0 aliphatic heterocycles. The van der Waals surface area contributed by atoms with E-state index in [4.69, 9.17) is 9.72 Å². The fourth-order valence-corrected chi connectivity index (χ4v) is 5.37. The summed E-state index contributed by atoms with van der Waals surface area (Å²) >= 11 is 10.3. The molecule has 196 valence electrons. The molecular weight excluding hydrogens is 687 g/mol. The Bertz CT molecular complexity index is 1610. The van der Waals surface area contributed by atoms with Gasteiger partial charge in [-0.15, -0.1) is 0 Å². The SMILES string of the molecule is CC(C)(C)c1nc2ccc(Br)cc2c(=O)n1N=Cc1cc(Br)c(OCC(=O)Nc2cccc(F)c2)c(Br)c1. The van der Waals surface area contributed by atoms with Crippen LogP contribution in [0.1, 0.15) is 32.2 Å². The van der Waals surface area contributed by atoms with Gasteiger partial charge in [0.25, 0.3) is 11.5 Å². The van der Waals surface area contributed by atoms with E-state index in [1.54, 1.807) is 36.5 Å². The molecule has 3 aromatic carbocycles. The Morgan fingerprint density at radius 2 is 1.82 bits per heavy atom. The zero-order valence-electron chi connectivity index (χ0n) is 20.6. The van der Waals surface area contributed by atoms with Crippen molar-refractivity contribution in [1.29, 1.82) is 0 Å². The fourth-order valence-electron chi connectivity index (χ4n) is 3.56. The number of ether oxygens (including phenoxy) is 1. The van der Waals surface area contributed by atoms with Gasteiger partial charge in [-0.25, -0.2) is 9.37 Å². The number of hydrogen-bond donors (Lipinski definition) is 1. The Morgan fingerprint density at radius 1 is 1.11 bits per heavy atom. The van der Waals surface area contributed by atoms with E-state index in [0.717, 1.165) is 4.47 Å². The maximum Gasteiger partial charge on any atom is 0.282 e. The number of carbonyl (C=O) groups excluding carboxylic acids is 1. The van der Waals surface area contributed by atoms with E-state index in [1.165, 1.54) is 22.9 Å². The molecule has 0 unspecified atom stereocenters. The number of anilines is 1. The third-order valence-corrected chi connectivity index (χ3v) is 6.95. The maximum atomic E-state index is 13.3. The molecule has 1 aromatic heterocycles. The van der Waals surface area contributed by atoms with Gasteiger partial charge >= 0.3 is 0 Å². The summed E-state index contributed by atoms with van der Waals surface area (Å²) in [6, 6.07) is 14.5. The Balaban J connectivity index is 1.58. The summed E-state index contributed by atoms with van der Waals surface area (Å²) in [5.41, 5.74) is 0.885. The minimum Gasteiger partial charge on any atom is -0.481 e. The van der Waals surface area contributed by atoms with Gasteiger partial charge in [-0.05, 0) is 86.0 Å². The first kappa shape index (κ1) is 28.1. The second kappa shape index (κ2) is 11.5. The number of rotatable bonds is 6. The number of hydrogen-bond acceptors (Lipinski definition) is 5. The minimum absolute atomic E-state index is 0.278. The van der Waals surface area contributed by atoms with Crippen molar-refractivity contribution in [2.75, 3.05) is 11.9 Å². The average molecular weight is 709 g/mol. The lowest BCUT2D eigenvalue weighted by molar-refractivity contribution is -0.118. The van der Waals surface area contributed by atoms with E-state index in [-0.39, 0.29) is 12.2 Å². The highest BCUT2D eigenvalue weighted by Gasteiger charge is 2.23. The van der Waals surface area contributed by atoms with E-state index < -0.39 is 17.1 Å². The molecule has 0 saturated carbocycles. The summed E-state index contributed by atoms with van der Waals surface area (Å²) in [7, 11) is 0. The van der Waals surface area contributed by atoms with E-state index in [1.807, 2.05) is 26.8 Å². The lowest BCUT2D eigenvalue weighted by atomic mass is 9.95. The second-order valence-electron chi connectivity index (χ2n) is 9.37. The number of nitrogens with one attached hydrogen (secondary N) is 1. The predicted octanol–water partition coefficient (Wildman–Crippen LogP) is 7.02. The van der Waals surface area contributed by atoms with Crippen molar-refractivity contribution in [3.8, 4) is 5.75 Å². The summed E-state index contributed by atoms with van der Waals surface area (Å²) in [5, 5.41) is 7.52. The number of halogens is 4. The van der Waals surface area contributed by atoms with Crippen molar-refractivity contribution >= 4 is 76.5 Å². The van der Waals surface area contributed by atoms with E-state index in [9.17, 15) is 14.0 Å². The van der Waals surface area contributed by atoms with Crippen molar-refractivity contribution in [3.05, 3.63) is 95.6 Å². The Morgan fingerprint density at radius 3 is 2.47 bits per heavy atom. The molecule has 0 aliphatic rings. The Hall–Kier alpha value is -2.89. The largest absolute Gasteiger partial charge is 0.481 e. The van der Waals surface area contributed by atoms with Gasteiger partial charge in [0.15, 0.2) is 6.61 Å². The molecule has 1 heterocycles. The molecule has 0 aliphatic carbocycles. The first-order valence-electron chi connectivity index (χ1n) is 11.4. The third kappa shape index (κ3) is 6.57. The number of fused-ring (bicyclic) bond motifs is 1. The van der Waals surface area contributed by atoms with Crippen LogP contribution in [0.3, 0.4) is 0 Å². The lowest BCUT2D eigenvalue weighted by Gasteiger charge is -2.21. The molecule has 1 N–H and O–H groups in total. The molecule has 0 radical (unpaired) electrons. The quantitative estimate of drug-likeness (QED) is 0.218. The van der Waals surface area contributed by atoms with Gasteiger partial charge in [-0.1, -0.05) is 42.8 Å². The zero-order valence-corrected chi connectivity index (χ0v) is 25.3. The summed E-state index contributed by atoms with van der Waals surface area (Å²) in [6.45, 7) is 5.61. The molecule has 11 heteroatoms. The van der Waals surface area contributed by atoms with Crippen LogP contribution in [0.2, 0.25) is 0 Å². The molecule has 0 fully saturated rings. The van der Waals surface area contributed by atoms with Crippen molar-refractivity contribution in [1.82, 2.24) is 9.66 Å². The summed E-state index contributed by atoms with van der Waals surface area (Å²) in [6.07, 6.45) is 1.55. The Kier molecular flexibility index (Phi) is 8.49. The first-order chi connectivity index (χ1) is 17.9. The molecule has 0 saturated heterocycles. The van der Waals surface area contributed by atoms with Crippen molar-refractivity contribution in [3.63, 3.8) is 0 Å². The smallest absolute Gasteiger partial charge is 0.282 e. The van der Waals surface area contributed by atoms with Crippen LogP contribution in [0.15, 0.2) is 77.9 Å². The standard InChI is InChI=1S/C27H22Br3FN4O3/c1-27(2,3)26-34-22-8-7-16(28)11-19(22)25(37)35(26)32-13-15-9-20(29)24(21(30)10-15)38-14-23(36)33-18-6-4-5-17(31)12-18/h4-13H,14H2,1-3H3,(H,33,36). The third-order valence-electron chi connectivity index (χ3n) is 5.28. The van der Waals surface area contributed by atoms with Gasteiger partial charge < -0.3 is 10.1 Å². The van der Waals surface area contributed by atoms with Crippen molar-refractivity contribution in [2.45, 2.75) is 26.2 Å².